The summed E-state index contributed by atoms with van der Waals surface area (Å²) >= 11 is 19.1. The van der Waals surface area contributed by atoms with Crippen molar-refractivity contribution in [3.63, 3.8) is 0 Å². The van der Waals surface area contributed by atoms with E-state index in [1.165, 1.54) is 0 Å². The third kappa shape index (κ3) is 18.4. The van der Waals surface area contributed by atoms with E-state index in [4.69, 9.17) is 0 Å². The average molecular weight is 1620 g/mol. The number of H-pyrrole nitrogens is 6. The van der Waals surface area contributed by atoms with E-state index in [0.29, 0.717) is 94.4 Å². The largest absolute Gasteiger partial charge is 2.00 e. The minimum atomic E-state index is -0.0328. The molecule has 0 spiro atoms. The molecule has 423 valence electrons. The molecule has 0 atom stereocenters. The SMILES string of the molecule is [Cu+2].[Cu+2].[Cu+2].[O-]c1c(Br)cccc1-c1cc[nH]n1.[O-]c1c(Br)cccc1-c1cc[nH]n1.[O-]c1c(Br)cccc1-c1cc[nH]n1.[O-]c1c(Br)cccc1-c1cc[nH]n1.[O-]c1c(Br)cccc1-c1cc[nH]n1.[O-]c1c(Br)cccc1-c1cc[nH]n1. The molecule has 3 radical (unpaired) electrons. The Bertz CT molecular complexity index is 3120. The molecule has 6 N–H and O–H groups in total. The van der Waals surface area contributed by atoms with Crippen molar-refractivity contribution in [2.75, 3.05) is 0 Å². The topological polar surface area (TPSA) is 310 Å². The maximum absolute atomic E-state index is 11.6. The van der Waals surface area contributed by atoms with Crippen LogP contribution in [0, 0.1) is 0 Å². The van der Waals surface area contributed by atoms with E-state index in [1.54, 1.807) is 146 Å². The second-order valence-corrected chi connectivity index (χ2v) is 20.6. The van der Waals surface area contributed by atoms with Crippen molar-refractivity contribution < 1.29 is 81.8 Å². The summed E-state index contributed by atoms with van der Waals surface area (Å²) in [7, 11) is 0. The van der Waals surface area contributed by atoms with Crippen LogP contribution in [0.3, 0.4) is 0 Å². The molecule has 81 heavy (non-hydrogen) atoms. The molecule has 0 aliphatic rings. The Labute approximate surface area is 544 Å². The number of rotatable bonds is 6. The van der Waals surface area contributed by atoms with E-state index in [0.717, 1.165) is 0 Å². The molecule has 0 fully saturated rings. The standard InChI is InChI=1S/6C9H7BrN2O.3Cu/c6*10-7-3-1-2-6(9(7)13)8-4-5-11-12-8;;;/h6*1-5,13H,(H,11,12);;;/q;;;;;;3*+2/p-6. The van der Waals surface area contributed by atoms with Gasteiger partial charge in [-0.1, -0.05) is 203 Å². The van der Waals surface area contributed by atoms with Crippen LogP contribution in [0.1, 0.15) is 0 Å². The number of nitrogens with one attached hydrogen (secondary N) is 6. The van der Waals surface area contributed by atoms with Crippen LogP contribution >= 0.6 is 95.6 Å². The third-order valence-corrected chi connectivity index (χ3v) is 14.2. The number of hydrogen-bond acceptors (Lipinski definition) is 12. The number of nitrogens with zero attached hydrogens (tertiary/aromatic N) is 6. The predicted molar refractivity (Wildman–Crippen MR) is 307 cm³/mol. The van der Waals surface area contributed by atoms with Crippen molar-refractivity contribution in [1.29, 1.82) is 0 Å². The summed E-state index contributed by atoms with van der Waals surface area (Å²) in [5, 5.41) is 109. The fraction of sp³-hybridized carbons (Fsp3) is 0. The molecule has 0 saturated carbocycles. The van der Waals surface area contributed by atoms with E-state index in [9.17, 15) is 30.6 Å². The normalized spacial score (nSPS) is 9.85. The van der Waals surface area contributed by atoms with Crippen molar-refractivity contribution >= 4 is 95.6 Å². The number of halogens is 6. The quantitative estimate of drug-likeness (QED) is 0.0847. The van der Waals surface area contributed by atoms with Gasteiger partial charge in [0.05, 0.1) is 34.2 Å². The molecule has 6 aromatic heterocycles. The van der Waals surface area contributed by atoms with Crippen molar-refractivity contribution in [3.8, 4) is 102 Å². The molecular formula is C54H36Br6Cu3N12O6. The van der Waals surface area contributed by atoms with Gasteiger partial charge in [0.25, 0.3) is 0 Å². The maximum atomic E-state index is 11.6. The van der Waals surface area contributed by atoms with Crippen LogP contribution < -0.4 is 30.6 Å². The van der Waals surface area contributed by atoms with Crippen LogP contribution in [0.4, 0.5) is 0 Å². The van der Waals surface area contributed by atoms with Gasteiger partial charge in [-0.05, 0) is 106 Å². The van der Waals surface area contributed by atoms with Gasteiger partial charge in [0, 0.05) is 64.0 Å². The summed E-state index contributed by atoms with van der Waals surface area (Å²) in [6, 6.07) is 42.3. The Kier molecular flexibility index (Phi) is 28.0. The first-order valence-electron chi connectivity index (χ1n) is 22.5. The van der Waals surface area contributed by atoms with Crippen LogP contribution in [0.25, 0.3) is 67.5 Å². The zero-order chi connectivity index (χ0) is 55.6. The summed E-state index contributed by atoms with van der Waals surface area (Å²) in [6.07, 6.45) is 10.1. The van der Waals surface area contributed by atoms with E-state index < -0.39 is 0 Å². The molecule has 6 heterocycles. The first-order chi connectivity index (χ1) is 37.7. The third-order valence-electron chi connectivity index (χ3n) is 10.5. The minimum Gasteiger partial charge on any atom is -0.871 e. The van der Waals surface area contributed by atoms with Gasteiger partial charge in [-0.15, -0.1) is 0 Å². The molecule has 0 aliphatic carbocycles. The summed E-state index contributed by atoms with van der Waals surface area (Å²) < 4.78 is 3.38. The molecule has 12 rings (SSSR count). The van der Waals surface area contributed by atoms with Crippen LogP contribution in [-0.4, -0.2) is 61.2 Å². The van der Waals surface area contributed by atoms with Crippen LogP contribution in [-0.2, 0) is 51.2 Å². The van der Waals surface area contributed by atoms with E-state index in [2.05, 4.69) is 157 Å². The number of aromatic nitrogens is 12. The first kappa shape index (κ1) is 67.3. The zero-order valence-electron chi connectivity index (χ0n) is 40.6. The molecule has 0 amide bonds. The van der Waals surface area contributed by atoms with Gasteiger partial charge < -0.3 is 30.6 Å². The molecular weight excluding hydrogens is 1580 g/mol. The summed E-state index contributed by atoms with van der Waals surface area (Å²) in [6.45, 7) is 0. The molecule has 0 bridgehead atoms. The Hall–Kier alpha value is -6.18. The molecule has 0 saturated heterocycles. The van der Waals surface area contributed by atoms with Crippen LogP contribution in [0.5, 0.6) is 34.5 Å². The Morgan fingerprint density at radius 2 is 0.358 bits per heavy atom. The average Bonchev–Trinajstić information content (AvgIpc) is 4.33. The molecule has 0 aliphatic heterocycles. The Balaban J connectivity index is 0.000000208. The number of aromatic amines is 6. The van der Waals surface area contributed by atoms with Gasteiger partial charge >= 0.3 is 51.2 Å². The molecule has 6 aromatic carbocycles. The van der Waals surface area contributed by atoms with Crippen LogP contribution in [0.15, 0.2) is 210 Å². The monoisotopic (exact) mass is 1610 g/mol. The van der Waals surface area contributed by atoms with Gasteiger partial charge in [-0.2, -0.15) is 30.6 Å². The predicted octanol–water partition coefficient (Wildman–Crippen LogP) is 11.5. The van der Waals surface area contributed by atoms with Gasteiger partial charge in [0.2, 0.25) is 0 Å². The zero-order valence-corrected chi connectivity index (χ0v) is 53.0. The van der Waals surface area contributed by atoms with Gasteiger partial charge in [0.15, 0.2) is 0 Å². The second kappa shape index (κ2) is 33.7. The molecule has 12 aromatic rings. The first-order valence-corrected chi connectivity index (χ1v) is 27.2. The molecule has 0 unspecified atom stereocenters. The summed E-state index contributed by atoms with van der Waals surface area (Å²) in [5.74, 6) is -0.197. The van der Waals surface area contributed by atoms with E-state index in [-0.39, 0.29) is 85.7 Å². The second-order valence-electron chi connectivity index (χ2n) is 15.5. The number of hydrogen-bond donors (Lipinski definition) is 6. The number of benzene rings is 6. The van der Waals surface area contributed by atoms with Crippen molar-refractivity contribution in [2.45, 2.75) is 0 Å². The van der Waals surface area contributed by atoms with E-state index in [1.807, 2.05) is 36.4 Å². The van der Waals surface area contributed by atoms with Crippen molar-refractivity contribution in [2.24, 2.45) is 0 Å². The van der Waals surface area contributed by atoms with E-state index >= 15 is 0 Å². The Morgan fingerprint density at radius 1 is 0.222 bits per heavy atom. The Morgan fingerprint density at radius 3 is 0.469 bits per heavy atom. The van der Waals surface area contributed by atoms with Crippen LogP contribution in [0.2, 0.25) is 0 Å². The fourth-order valence-corrected chi connectivity index (χ4v) is 8.92. The van der Waals surface area contributed by atoms with Gasteiger partial charge in [-0.25, -0.2) is 0 Å². The minimum absolute atomic E-state index is 0. The molecule has 27 heteroatoms. The molecule has 18 nitrogen and oxygen atoms in total. The van der Waals surface area contributed by atoms with Crippen molar-refractivity contribution in [3.05, 3.63) is 210 Å². The van der Waals surface area contributed by atoms with Gasteiger partial charge in [-0.3, -0.25) is 30.6 Å². The smallest absolute Gasteiger partial charge is 0.871 e. The number of para-hydroxylation sites is 6. The summed E-state index contributed by atoms with van der Waals surface area (Å²) in [5.41, 5.74) is 7.68. The fourth-order valence-electron chi connectivity index (χ4n) is 6.72. The van der Waals surface area contributed by atoms with Gasteiger partial charge in [0.1, 0.15) is 0 Å². The summed E-state index contributed by atoms with van der Waals surface area (Å²) in [4.78, 5) is 0. The maximum Gasteiger partial charge on any atom is 2.00 e. The van der Waals surface area contributed by atoms with Crippen molar-refractivity contribution in [1.82, 2.24) is 61.2 Å².